The zero-order valence-corrected chi connectivity index (χ0v) is 23.7. The van der Waals surface area contributed by atoms with Gasteiger partial charge >= 0.3 is 0 Å². The van der Waals surface area contributed by atoms with E-state index in [9.17, 15) is 12.8 Å². The van der Waals surface area contributed by atoms with Gasteiger partial charge in [-0.3, -0.25) is 4.72 Å². The molecule has 0 spiro atoms. The van der Waals surface area contributed by atoms with Gasteiger partial charge in [0, 0.05) is 49.3 Å². The summed E-state index contributed by atoms with van der Waals surface area (Å²) in [6.07, 6.45) is 1.64. The van der Waals surface area contributed by atoms with Crippen LogP contribution in [0.5, 0.6) is 0 Å². The molecular weight excluding hydrogens is 529 g/mol. The van der Waals surface area contributed by atoms with E-state index in [-0.39, 0.29) is 22.5 Å². The van der Waals surface area contributed by atoms with E-state index in [1.807, 2.05) is 11.8 Å². The number of halogens is 2. The van der Waals surface area contributed by atoms with Crippen molar-refractivity contribution in [3.05, 3.63) is 59.0 Å². The molecule has 1 aromatic heterocycles. The van der Waals surface area contributed by atoms with Gasteiger partial charge in [-0.25, -0.2) is 17.8 Å². The summed E-state index contributed by atoms with van der Waals surface area (Å²) in [4.78, 5) is 13.1. The molecule has 3 aromatic rings. The lowest BCUT2D eigenvalue weighted by Crippen LogP contribution is -2.44. The Balaban J connectivity index is 1.51. The average Bonchev–Trinajstić information content (AvgIpc) is 2.83. The van der Waals surface area contributed by atoms with E-state index in [4.69, 9.17) is 11.6 Å². The quantitative estimate of drug-likeness (QED) is 0.354. The minimum absolute atomic E-state index is 0.257. The first kappa shape index (κ1) is 27.9. The van der Waals surface area contributed by atoms with E-state index in [1.54, 1.807) is 57.3 Å². The van der Waals surface area contributed by atoms with Crippen LogP contribution < -0.4 is 20.3 Å². The van der Waals surface area contributed by atoms with Crippen molar-refractivity contribution in [2.24, 2.45) is 0 Å². The molecule has 1 aliphatic rings. The van der Waals surface area contributed by atoms with E-state index in [2.05, 4.69) is 37.3 Å². The second-order valence-electron chi connectivity index (χ2n) is 10.3. The Hall–Kier alpha value is -3.15. The van der Waals surface area contributed by atoms with Crippen LogP contribution in [0.25, 0.3) is 0 Å². The molecule has 0 bridgehead atoms. The molecule has 1 aliphatic heterocycles. The van der Waals surface area contributed by atoms with Crippen LogP contribution >= 0.6 is 11.6 Å². The van der Waals surface area contributed by atoms with Gasteiger partial charge < -0.3 is 20.4 Å². The summed E-state index contributed by atoms with van der Waals surface area (Å²) in [7, 11) is -1.60. The number of nitrogens with zero attached hydrogens (tertiary/aromatic N) is 4. The lowest BCUT2D eigenvalue weighted by atomic mass is 10.2. The van der Waals surface area contributed by atoms with Gasteiger partial charge in [-0.2, -0.15) is 4.98 Å². The zero-order chi connectivity index (χ0) is 27.7. The fourth-order valence-electron chi connectivity index (χ4n) is 3.76. The maximum atomic E-state index is 14.9. The minimum atomic E-state index is -3.66. The molecule has 0 saturated carbocycles. The summed E-state index contributed by atoms with van der Waals surface area (Å²) in [5.74, 6) is 0.480. The number of rotatable bonds is 7. The standard InChI is InChI=1S/C26H33ClFN7O2S/c1-17-16-29-25(31-18-7-9-23(21(28)14-18)35-12-10-34(5)11-13-35)32-24(17)30-19-6-8-20(27)22(15-19)33-38(36,37)26(2,3)4/h6-9,14-16,33H,10-13H2,1-5H3,(H2,29,30,31,32). The zero-order valence-electron chi connectivity index (χ0n) is 22.1. The van der Waals surface area contributed by atoms with Gasteiger partial charge in [0.2, 0.25) is 16.0 Å². The molecule has 38 heavy (non-hydrogen) atoms. The van der Waals surface area contributed by atoms with Crippen molar-refractivity contribution in [2.75, 3.05) is 53.5 Å². The van der Waals surface area contributed by atoms with Crippen LogP contribution in [-0.4, -0.2) is 61.3 Å². The molecule has 9 nitrogen and oxygen atoms in total. The smallest absolute Gasteiger partial charge is 0.237 e. The van der Waals surface area contributed by atoms with Crippen LogP contribution in [-0.2, 0) is 10.0 Å². The molecule has 12 heteroatoms. The normalized spacial score (nSPS) is 14.9. The summed E-state index contributed by atoms with van der Waals surface area (Å²) in [6.45, 7) is 10.0. The van der Waals surface area contributed by atoms with Crippen molar-refractivity contribution in [1.29, 1.82) is 0 Å². The highest BCUT2D eigenvalue weighted by atomic mass is 35.5. The highest BCUT2D eigenvalue weighted by molar-refractivity contribution is 7.94. The van der Waals surface area contributed by atoms with Crippen LogP contribution in [0.4, 0.5) is 38.9 Å². The molecule has 0 atom stereocenters. The second-order valence-corrected chi connectivity index (χ2v) is 13.2. The molecule has 2 aromatic carbocycles. The van der Waals surface area contributed by atoms with Crippen LogP contribution in [0.3, 0.4) is 0 Å². The van der Waals surface area contributed by atoms with Gasteiger partial charge in [0.25, 0.3) is 0 Å². The molecule has 4 rings (SSSR count). The van der Waals surface area contributed by atoms with Crippen LogP contribution in [0, 0.1) is 12.7 Å². The van der Waals surface area contributed by atoms with Gasteiger partial charge in [-0.05, 0) is 71.1 Å². The molecule has 0 aliphatic carbocycles. The predicted octanol–water partition coefficient (Wildman–Crippen LogP) is 5.36. The number of hydrogen-bond donors (Lipinski definition) is 3. The van der Waals surface area contributed by atoms with Crippen molar-refractivity contribution < 1.29 is 12.8 Å². The van der Waals surface area contributed by atoms with Crippen molar-refractivity contribution in [1.82, 2.24) is 14.9 Å². The Morgan fingerprint density at radius 2 is 1.66 bits per heavy atom. The van der Waals surface area contributed by atoms with Crippen molar-refractivity contribution in [3.63, 3.8) is 0 Å². The Morgan fingerprint density at radius 3 is 2.32 bits per heavy atom. The Labute approximate surface area is 228 Å². The number of piperazine rings is 1. The third kappa shape index (κ3) is 6.46. The number of nitrogens with one attached hydrogen (secondary N) is 3. The number of anilines is 6. The molecule has 3 N–H and O–H groups in total. The van der Waals surface area contributed by atoms with Crippen LogP contribution in [0.2, 0.25) is 5.02 Å². The van der Waals surface area contributed by atoms with E-state index in [0.717, 1.165) is 31.7 Å². The third-order valence-electron chi connectivity index (χ3n) is 6.30. The average molecular weight is 562 g/mol. The summed E-state index contributed by atoms with van der Waals surface area (Å²) in [5, 5.41) is 6.52. The van der Waals surface area contributed by atoms with Crippen molar-refractivity contribution in [3.8, 4) is 0 Å². The molecule has 1 fully saturated rings. The summed E-state index contributed by atoms with van der Waals surface area (Å²) in [6, 6.07) is 9.94. The Kier molecular flexibility index (Phi) is 8.01. The number of hydrogen-bond acceptors (Lipinski definition) is 8. The highest BCUT2D eigenvalue weighted by Crippen LogP contribution is 2.31. The SMILES string of the molecule is Cc1cnc(Nc2ccc(N3CCN(C)CC3)c(F)c2)nc1Nc1ccc(Cl)c(NS(=O)(=O)C(C)(C)C)c1. The molecule has 1 saturated heterocycles. The number of aromatic nitrogens is 2. The van der Waals surface area contributed by atoms with Crippen LogP contribution in [0.1, 0.15) is 26.3 Å². The van der Waals surface area contributed by atoms with Crippen molar-refractivity contribution in [2.45, 2.75) is 32.4 Å². The van der Waals surface area contributed by atoms with Gasteiger partial charge in [-0.15, -0.1) is 0 Å². The number of benzene rings is 2. The van der Waals surface area contributed by atoms with Gasteiger partial charge in [-0.1, -0.05) is 11.6 Å². The van der Waals surface area contributed by atoms with E-state index >= 15 is 0 Å². The maximum absolute atomic E-state index is 14.9. The number of aryl methyl sites for hydroxylation is 1. The maximum Gasteiger partial charge on any atom is 0.237 e. The lowest BCUT2D eigenvalue weighted by molar-refractivity contribution is 0.311. The topological polar surface area (TPSA) is 102 Å². The first-order valence-corrected chi connectivity index (χ1v) is 14.1. The molecule has 2 heterocycles. The Bertz CT molecular complexity index is 1420. The second kappa shape index (κ2) is 10.9. The summed E-state index contributed by atoms with van der Waals surface area (Å²) < 4.78 is 41.7. The fraction of sp³-hybridized carbons (Fsp3) is 0.385. The fourth-order valence-corrected chi connectivity index (χ4v) is 4.75. The first-order valence-electron chi connectivity index (χ1n) is 12.2. The predicted molar refractivity (Wildman–Crippen MR) is 153 cm³/mol. The molecule has 204 valence electrons. The number of likely N-dealkylation sites (N-methyl/N-ethyl adjacent to an activating group) is 1. The van der Waals surface area contributed by atoms with Gasteiger partial charge in [0.15, 0.2) is 0 Å². The first-order chi connectivity index (χ1) is 17.8. The van der Waals surface area contributed by atoms with Crippen molar-refractivity contribution >= 4 is 56.1 Å². The molecule has 0 amide bonds. The van der Waals surface area contributed by atoms with Crippen LogP contribution in [0.15, 0.2) is 42.6 Å². The van der Waals surface area contributed by atoms with E-state index in [0.29, 0.717) is 22.9 Å². The monoisotopic (exact) mass is 561 g/mol. The molecule has 0 unspecified atom stereocenters. The van der Waals surface area contributed by atoms with Gasteiger partial charge in [0.05, 0.1) is 21.1 Å². The molecule has 0 radical (unpaired) electrons. The third-order valence-corrected chi connectivity index (χ3v) is 8.73. The molecular formula is C26H33ClFN7O2S. The largest absolute Gasteiger partial charge is 0.367 e. The van der Waals surface area contributed by atoms with E-state index < -0.39 is 14.8 Å². The summed E-state index contributed by atoms with van der Waals surface area (Å²) in [5.41, 5.74) is 2.71. The highest BCUT2D eigenvalue weighted by Gasteiger charge is 2.29. The Morgan fingerprint density at radius 1 is 1.00 bits per heavy atom. The van der Waals surface area contributed by atoms with Gasteiger partial charge in [0.1, 0.15) is 11.6 Å². The van der Waals surface area contributed by atoms with E-state index in [1.165, 1.54) is 6.07 Å². The number of sulfonamides is 1. The minimum Gasteiger partial charge on any atom is -0.367 e. The summed E-state index contributed by atoms with van der Waals surface area (Å²) >= 11 is 6.26. The lowest BCUT2D eigenvalue weighted by Gasteiger charge is -2.34.